The van der Waals surface area contributed by atoms with Crippen LogP contribution >= 0.6 is 0 Å². The zero-order valence-electron chi connectivity index (χ0n) is 7.29. The first-order valence-electron chi connectivity index (χ1n) is 3.78. The molecule has 4 nitrogen and oxygen atoms in total. The molecular formula is C8H13NO3. The number of nitrogens with two attached hydrogens (primary N) is 1. The summed E-state index contributed by atoms with van der Waals surface area (Å²) in [6.45, 7) is 3.76. The molecule has 0 unspecified atom stereocenters. The van der Waals surface area contributed by atoms with E-state index in [9.17, 15) is 9.59 Å². The number of ether oxygens (including phenoxy) is 1. The third-order valence-electron chi connectivity index (χ3n) is 1.24. The number of carbonyl (C=O) groups excluding carboxylic acids is 2. The predicted octanol–water partition coefficient (Wildman–Crippen LogP) is 0.371. The van der Waals surface area contributed by atoms with Crippen LogP contribution in [0.5, 0.6) is 0 Å². The van der Waals surface area contributed by atoms with Gasteiger partial charge in [0.1, 0.15) is 0 Å². The lowest BCUT2D eigenvalue weighted by molar-refractivity contribution is -0.138. The average molecular weight is 171 g/mol. The Morgan fingerprint density at radius 2 is 2.00 bits per heavy atom. The van der Waals surface area contributed by atoms with Gasteiger partial charge in [0.05, 0.1) is 6.61 Å². The molecule has 0 aromatic heterocycles. The standard InChI is InChI=1S/C8H13NO3/c1-3-6(5-7(9)10)8(11)12-4-2/h5H,3-4H2,1-2H3,(H2,9,10). The highest BCUT2D eigenvalue weighted by molar-refractivity contribution is 5.97. The van der Waals surface area contributed by atoms with Gasteiger partial charge in [0.25, 0.3) is 0 Å². The Labute approximate surface area is 71.4 Å². The summed E-state index contributed by atoms with van der Waals surface area (Å²) < 4.78 is 4.68. The van der Waals surface area contributed by atoms with E-state index in [0.717, 1.165) is 6.08 Å². The van der Waals surface area contributed by atoms with E-state index in [-0.39, 0.29) is 0 Å². The molecule has 0 aliphatic rings. The normalized spacial score (nSPS) is 11.0. The lowest BCUT2D eigenvalue weighted by Gasteiger charge is -2.02. The summed E-state index contributed by atoms with van der Waals surface area (Å²) in [5, 5.41) is 0. The Kier molecular flexibility index (Phi) is 4.76. The quantitative estimate of drug-likeness (QED) is 0.490. The molecule has 1 amide bonds. The third kappa shape index (κ3) is 3.75. The first-order chi connectivity index (χ1) is 5.61. The van der Waals surface area contributed by atoms with Crippen molar-refractivity contribution >= 4 is 11.9 Å². The minimum Gasteiger partial charge on any atom is -0.463 e. The third-order valence-corrected chi connectivity index (χ3v) is 1.24. The van der Waals surface area contributed by atoms with Crippen molar-refractivity contribution in [2.45, 2.75) is 20.3 Å². The lowest BCUT2D eigenvalue weighted by atomic mass is 10.2. The minimum absolute atomic E-state index is 0.301. The Morgan fingerprint density at radius 3 is 2.33 bits per heavy atom. The molecule has 0 aliphatic carbocycles. The maximum absolute atomic E-state index is 11.0. The summed E-state index contributed by atoms with van der Waals surface area (Å²) in [6.07, 6.45) is 1.54. The van der Waals surface area contributed by atoms with E-state index >= 15 is 0 Å². The fraction of sp³-hybridized carbons (Fsp3) is 0.500. The number of carbonyl (C=O) groups is 2. The molecule has 0 radical (unpaired) electrons. The van der Waals surface area contributed by atoms with Gasteiger partial charge in [0.2, 0.25) is 5.91 Å². The Balaban J connectivity index is 4.34. The lowest BCUT2D eigenvalue weighted by Crippen LogP contribution is -2.13. The predicted molar refractivity (Wildman–Crippen MR) is 44.2 cm³/mol. The van der Waals surface area contributed by atoms with Crippen molar-refractivity contribution in [1.29, 1.82) is 0 Å². The highest BCUT2D eigenvalue weighted by Crippen LogP contribution is 2.02. The van der Waals surface area contributed by atoms with Gasteiger partial charge in [-0.05, 0) is 13.3 Å². The smallest absolute Gasteiger partial charge is 0.334 e. The van der Waals surface area contributed by atoms with Gasteiger partial charge in [-0.3, -0.25) is 4.79 Å². The summed E-state index contributed by atoms with van der Waals surface area (Å²) in [7, 11) is 0. The molecule has 0 aliphatic heterocycles. The number of esters is 1. The van der Waals surface area contributed by atoms with Crippen LogP contribution < -0.4 is 5.73 Å². The molecule has 0 spiro atoms. The van der Waals surface area contributed by atoms with E-state index in [0.29, 0.717) is 18.6 Å². The largest absolute Gasteiger partial charge is 0.463 e. The van der Waals surface area contributed by atoms with Gasteiger partial charge in [-0.2, -0.15) is 0 Å². The second-order valence-electron chi connectivity index (χ2n) is 2.15. The molecule has 0 aromatic carbocycles. The van der Waals surface area contributed by atoms with Crippen molar-refractivity contribution < 1.29 is 14.3 Å². The zero-order chi connectivity index (χ0) is 9.56. The highest BCUT2D eigenvalue weighted by Gasteiger charge is 2.08. The van der Waals surface area contributed by atoms with Crippen LogP contribution in [0.1, 0.15) is 20.3 Å². The van der Waals surface area contributed by atoms with Crippen LogP contribution in [0.4, 0.5) is 0 Å². The van der Waals surface area contributed by atoms with E-state index in [1.54, 1.807) is 13.8 Å². The van der Waals surface area contributed by atoms with E-state index in [2.05, 4.69) is 4.74 Å². The van der Waals surface area contributed by atoms with Gasteiger partial charge in [-0.15, -0.1) is 0 Å². The molecule has 0 aromatic rings. The molecule has 0 saturated heterocycles. The van der Waals surface area contributed by atoms with E-state index < -0.39 is 11.9 Å². The topological polar surface area (TPSA) is 69.4 Å². The van der Waals surface area contributed by atoms with Crippen LogP contribution in [0.3, 0.4) is 0 Å². The highest BCUT2D eigenvalue weighted by atomic mass is 16.5. The molecular weight excluding hydrogens is 158 g/mol. The molecule has 0 heterocycles. The molecule has 4 heteroatoms. The molecule has 0 bridgehead atoms. The van der Waals surface area contributed by atoms with E-state index in [1.165, 1.54) is 0 Å². The van der Waals surface area contributed by atoms with Crippen LogP contribution in [0.25, 0.3) is 0 Å². The fourth-order valence-electron chi connectivity index (χ4n) is 0.701. The van der Waals surface area contributed by atoms with Crippen molar-refractivity contribution in [3.63, 3.8) is 0 Å². The first kappa shape index (κ1) is 10.7. The molecule has 2 N–H and O–H groups in total. The van der Waals surface area contributed by atoms with Gasteiger partial charge in [0, 0.05) is 11.6 Å². The number of hydrogen-bond donors (Lipinski definition) is 1. The number of amides is 1. The maximum atomic E-state index is 11.0. The van der Waals surface area contributed by atoms with E-state index in [1.807, 2.05) is 0 Å². The van der Waals surface area contributed by atoms with Crippen molar-refractivity contribution in [2.75, 3.05) is 6.61 Å². The van der Waals surface area contributed by atoms with Crippen molar-refractivity contribution in [1.82, 2.24) is 0 Å². The molecule has 0 atom stereocenters. The van der Waals surface area contributed by atoms with Crippen LogP contribution in [0, 0.1) is 0 Å². The summed E-state index contributed by atoms with van der Waals surface area (Å²) in [4.78, 5) is 21.4. The van der Waals surface area contributed by atoms with Crippen molar-refractivity contribution in [2.24, 2.45) is 5.73 Å². The van der Waals surface area contributed by atoms with Gasteiger partial charge in [-0.25, -0.2) is 4.79 Å². The van der Waals surface area contributed by atoms with Gasteiger partial charge in [0.15, 0.2) is 0 Å². The molecule has 0 saturated carbocycles. The van der Waals surface area contributed by atoms with Crippen molar-refractivity contribution in [3.8, 4) is 0 Å². The Morgan fingerprint density at radius 1 is 1.42 bits per heavy atom. The van der Waals surface area contributed by atoms with Gasteiger partial charge >= 0.3 is 5.97 Å². The molecule has 68 valence electrons. The number of hydrogen-bond acceptors (Lipinski definition) is 3. The van der Waals surface area contributed by atoms with Crippen LogP contribution in [-0.4, -0.2) is 18.5 Å². The number of primary amides is 1. The molecule has 0 rings (SSSR count). The van der Waals surface area contributed by atoms with Crippen LogP contribution in [0.2, 0.25) is 0 Å². The van der Waals surface area contributed by atoms with Gasteiger partial charge < -0.3 is 10.5 Å². The monoisotopic (exact) mass is 171 g/mol. The summed E-state index contributed by atoms with van der Waals surface area (Å²) in [5.41, 5.74) is 5.19. The second-order valence-corrected chi connectivity index (χ2v) is 2.15. The van der Waals surface area contributed by atoms with Crippen LogP contribution in [0.15, 0.2) is 11.6 Å². The van der Waals surface area contributed by atoms with E-state index in [4.69, 9.17) is 5.73 Å². The number of rotatable bonds is 4. The summed E-state index contributed by atoms with van der Waals surface area (Å²) in [6, 6.07) is 0. The Bertz CT molecular complexity index is 208. The van der Waals surface area contributed by atoms with Crippen LogP contribution in [-0.2, 0) is 14.3 Å². The fourth-order valence-corrected chi connectivity index (χ4v) is 0.701. The molecule has 0 fully saturated rings. The zero-order valence-corrected chi connectivity index (χ0v) is 7.29. The van der Waals surface area contributed by atoms with Gasteiger partial charge in [-0.1, -0.05) is 6.92 Å². The summed E-state index contributed by atoms with van der Waals surface area (Å²) >= 11 is 0. The molecule has 12 heavy (non-hydrogen) atoms. The minimum atomic E-state index is -0.625. The SMILES string of the molecule is CCOC(=O)C(=CC(N)=O)CC. The maximum Gasteiger partial charge on any atom is 0.334 e. The summed E-state index contributed by atoms with van der Waals surface area (Å²) in [5.74, 6) is -1.10. The average Bonchev–Trinajstić information content (AvgIpc) is 2.00. The van der Waals surface area contributed by atoms with Crippen molar-refractivity contribution in [3.05, 3.63) is 11.6 Å². The Hall–Kier alpha value is -1.32. The first-order valence-corrected chi connectivity index (χ1v) is 3.78. The second kappa shape index (κ2) is 5.35.